The van der Waals surface area contributed by atoms with E-state index in [1.54, 1.807) is 7.11 Å². The minimum Gasteiger partial charge on any atom is -0.374 e. The van der Waals surface area contributed by atoms with E-state index in [-0.39, 0.29) is 30.3 Å². The van der Waals surface area contributed by atoms with Crippen molar-refractivity contribution in [3.05, 3.63) is 71.8 Å². The molecule has 0 radical (unpaired) electrons. The fraction of sp³-hybridized carbons (Fsp3) is 0.478. The SMILES string of the molecule is COC1OC(COCc2ccccc2)C(C)C(OCc2ccccc2)C1C. The first-order valence-electron chi connectivity index (χ1n) is 9.64. The Balaban J connectivity index is 1.58. The molecule has 27 heavy (non-hydrogen) atoms. The summed E-state index contributed by atoms with van der Waals surface area (Å²) in [7, 11) is 1.69. The van der Waals surface area contributed by atoms with Gasteiger partial charge in [-0.15, -0.1) is 0 Å². The molecule has 5 atom stereocenters. The first kappa shape index (κ1) is 20.0. The summed E-state index contributed by atoms with van der Waals surface area (Å²) in [4.78, 5) is 0. The van der Waals surface area contributed by atoms with E-state index in [1.807, 2.05) is 36.4 Å². The molecule has 2 aromatic rings. The van der Waals surface area contributed by atoms with Crippen molar-refractivity contribution >= 4 is 0 Å². The van der Waals surface area contributed by atoms with E-state index >= 15 is 0 Å². The quantitative estimate of drug-likeness (QED) is 0.689. The van der Waals surface area contributed by atoms with Crippen LogP contribution in [0.4, 0.5) is 0 Å². The van der Waals surface area contributed by atoms with Gasteiger partial charge in [0.1, 0.15) is 0 Å². The Labute approximate surface area is 162 Å². The van der Waals surface area contributed by atoms with Gasteiger partial charge in [-0.05, 0) is 11.1 Å². The predicted octanol–water partition coefficient (Wildman–Crippen LogP) is 4.43. The molecule has 1 aliphatic rings. The molecular formula is C23H30O4. The molecule has 1 heterocycles. The minimum atomic E-state index is -0.285. The lowest BCUT2D eigenvalue weighted by molar-refractivity contribution is -0.270. The van der Waals surface area contributed by atoms with Gasteiger partial charge in [0, 0.05) is 18.9 Å². The van der Waals surface area contributed by atoms with Crippen molar-refractivity contribution in [3.63, 3.8) is 0 Å². The van der Waals surface area contributed by atoms with Crippen LogP contribution < -0.4 is 0 Å². The van der Waals surface area contributed by atoms with Gasteiger partial charge < -0.3 is 18.9 Å². The largest absolute Gasteiger partial charge is 0.374 e. The van der Waals surface area contributed by atoms with Crippen LogP contribution in [-0.2, 0) is 32.2 Å². The molecule has 0 bridgehead atoms. The van der Waals surface area contributed by atoms with E-state index in [2.05, 4.69) is 38.1 Å². The Morgan fingerprint density at radius 3 is 2.00 bits per heavy atom. The lowest BCUT2D eigenvalue weighted by Crippen LogP contribution is -2.52. The molecule has 1 aliphatic heterocycles. The van der Waals surface area contributed by atoms with E-state index in [1.165, 1.54) is 5.56 Å². The maximum Gasteiger partial charge on any atom is 0.162 e. The third-order valence-corrected chi connectivity index (χ3v) is 5.27. The highest BCUT2D eigenvalue weighted by molar-refractivity contribution is 5.14. The number of rotatable bonds is 8. The van der Waals surface area contributed by atoms with Crippen LogP contribution in [0.3, 0.4) is 0 Å². The molecule has 1 saturated heterocycles. The summed E-state index contributed by atoms with van der Waals surface area (Å²) < 4.78 is 24.0. The maximum absolute atomic E-state index is 6.30. The van der Waals surface area contributed by atoms with E-state index in [0.717, 1.165) is 5.56 Å². The van der Waals surface area contributed by atoms with Crippen molar-refractivity contribution < 1.29 is 18.9 Å². The minimum absolute atomic E-state index is 0.0502. The van der Waals surface area contributed by atoms with Crippen LogP contribution in [0.25, 0.3) is 0 Å². The van der Waals surface area contributed by atoms with Crippen molar-refractivity contribution in [2.24, 2.45) is 11.8 Å². The Morgan fingerprint density at radius 2 is 1.41 bits per heavy atom. The monoisotopic (exact) mass is 370 g/mol. The second-order valence-corrected chi connectivity index (χ2v) is 7.26. The van der Waals surface area contributed by atoms with Gasteiger partial charge in [-0.2, -0.15) is 0 Å². The summed E-state index contributed by atoms with van der Waals surface area (Å²) in [5, 5.41) is 0. The molecule has 4 heteroatoms. The van der Waals surface area contributed by atoms with Crippen LogP contribution in [0.15, 0.2) is 60.7 Å². The number of hydrogen-bond acceptors (Lipinski definition) is 4. The van der Waals surface area contributed by atoms with Crippen LogP contribution in [0.2, 0.25) is 0 Å². The molecule has 0 spiro atoms. The number of benzene rings is 2. The molecule has 5 unspecified atom stereocenters. The molecule has 146 valence electrons. The average molecular weight is 370 g/mol. The summed E-state index contributed by atoms with van der Waals surface area (Å²) in [6, 6.07) is 20.4. The smallest absolute Gasteiger partial charge is 0.162 e. The van der Waals surface area contributed by atoms with Gasteiger partial charge in [-0.1, -0.05) is 74.5 Å². The second-order valence-electron chi connectivity index (χ2n) is 7.26. The molecule has 3 rings (SSSR count). The normalized spacial score (nSPS) is 28.2. The number of methoxy groups -OCH3 is 1. The zero-order chi connectivity index (χ0) is 19.1. The molecule has 0 saturated carbocycles. The Bertz CT molecular complexity index is 661. The highest BCUT2D eigenvalue weighted by Gasteiger charge is 2.42. The summed E-state index contributed by atoms with van der Waals surface area (Å²) in [5.41, 5.74) is 2.34. The summed E-state index contributed by atoms with van der Waals surface area (Å²) in [6.45, 7) is 5.99. The zero-order valence-corrected chi connectivity index (χ0v) is 16.4. The summed E-state index contributed by atoms with van der Waals surface area (Å²) in [5.74, 6) is 0.366. The van der Waals surface area contributed by atoms with Crippen LogP contribution in [0.5, 0.6) is 0 Å². The fourth-order valence-electron chi connectivity index (χ4n) is 3.66. The molecule has 0 N–H and O–H groups in total. The van der Waals surface area contributed by atoms with Crippen molar-refractivity contribution in [2.75, 3.05) is 13.7 Å². The van der Waals surface area contributed by atoms with Gasteiger partial charge in [0.05, 0.1) is 32.0 Å². The topological polar surface area (TPSA) is 36.9 Å². The highest BCUT2D eigenvalue weighted by Crippen LogP contribution is 2.33. The van der Waals surface area contributed by atoms with Gasteiger partial charge in [-0.3, -0.25) is 0 Å². The lowest BCUT2D eigenvalue weighted by Gasteiger charge is -2.43. The van der Waals surface area contributed by atoms with Crippen LogP contribution in [-0.4, -0.2) is 32.2 Å². The second kappa shape index (κ2) is 10.00. The molecular weight excluding hydrogens is 340 g/mol. The molecule has 1 fully saturated rings. The number of hydrogen-bond donors (Lipinski definition) is 0. The average Bonchev–Trinajstić information content (AvgIpc) is 2.71. The molecule has 2 aromatic carbocycles. The van der Waals surface area contributed by atoms with Crippen molar-refractivity contribution in [1.82, 2.24) is 0 Å². The summed E-state index contributed by atoms with van der Waals surface area (Å²) in [6.07, 6.45) is -0.294. The van der Waals surface area contributed by atoms with Crippen LogP contribution in [0.1, 0.15) is 25.0 Å². The Morgan fingerprint density at radius 1 is 0.815 bits per heavy atom. The molecule has 0 aromatic heterocycles. The van der Waals surface area contributed by atoms with E-state index in [4.69, 9.17) is 18.9 Å². The van der Waals surface area contributed by atoms with Crippen molar-refractivity contribution in [1.29, 1.82) is 0 Å². The molecule has 4 nitrogen and oxygen atoms in total. The van der Waals surface area contributed by atoms with Crippen LogP contribution >= 0.6 is 0 Å². The highest BCUT2D eigenvalue weighted by atomic mass is 16.7. The Kier molecular flexibility index (Phi) is 7.41. The third kappa shape index (κ3) is 5.39. The summed E-state index contributed by atoms with van der Waals surface area (Å²) >= 11 is 0. The Hall–Kier alpha value is -1.72. The zero-order valence-electron chi connectivity index (χ0n) is 16.4. The maximum atomic E-state index is 6.30. The number of ether oxygens (including phenoxy) is 4. The van der Waals surface area contributed by atoms with E-state index in [9.17, 15) is 0 Å². The molecule has 0 aliphatic carbocycles. The first-order chi connectivity index (χ1) is 13.2. The molecule has 0 amide bonds. The van der Waals surface area contributed by atoms with Crippen molar-refractivity contribution in [2.45, 2.75) is 45.6 Å². The standard InChI is InChI=1S/C23H30O4/c1-17-21(16-25-14-19-10-6-4-7-11-19)27-23(24-3)18(2)22(17)26-15-20-12-8-5-9-13-20/h4-13,17-18,21-23H,14-16H2,1-3H3. The predicted molar refractivity (Wildman–Crippen MR) is 105 cm³/mol. The van der Waals surface area contributed by atoms with E-state index in [0.29, 0.717) is 19.8 Å². The third-order valence-electron chi connectivity index (χ3n) is 5.27. The fourth-order valence-corrected chi connectivity index (χ4v) is 3.66. The van der Waals surface area contributed by atoms with Gasteiger partial charge >= 0.3 is 0 Å². The first-order valence-corrected chi connectivity index (χ1v) is 9.64. The van der Waals surface area contributed by atoms with Gasteiger partial charge in [0.2, 0.25) is 0 Å². The van der Waals surface area contributed by atoms with Crippen molar-refractivity contribution in [3.8, 4) is 0 Å². The van der Waals surface area contributed by atoms with Gasteiger partial charge in [0.25, 0.3) is 0 Å². The van der Waals surface area contributed by atoms with Crippen LogP contribution in [0, 0.1) is 11.8 Å². The van der Waals surface area contributed by atoms with E-state index < -0.39 is 0 Å². The lowest BCUT2D eigenvalue weighted by atomic mass is 9.85. The van der Waals surface area contributed by atoms with Gasteiger partial charge in [-0.25, -0.2) is 0 Å². The van der Waals surface area contributed by atoms with Gasteiger partial charge in [0.15, 0.2) is 6.29 Å².